The zero-order chi connectivity index (χ0) is 23.0. The smallest absolute Gasteiger partial charge is 0.251 e. The summed E-state index contributed by atoms with van der Waals surface area (Å²) in [5, 5.41) is 5.82. The lowest BCUT2D eigenvalue weighted by Gasteiger charge is -2.21. The van der Waals surface area contributed by atoms with E-state index in [4.69, 9.17) is 0 Å². The molecule has 1 aliphatic carbocycles. The van der Waals surface area contributed by atoms with Crippen LogP contribution in [-0.4, -0.2) is 50.2 Å². The minimum Gasteiger partial charge on any atom is -0.352 e. The Morgan fingerprint density at radius 2 is 1.72 bits per heavy atom. The number of amides is 2. The van der Waals surface area contributed by atoms with Gasteiger partial charge in [0.05, 0.1) is 4.90 Å². The van der Waals surface area contributed by atoms with Gasteiger partial charge in [-0.3, -0.25) is 9.59 Å². The van der Waals surface area contributed by atoms with Gasteiger partial charge in [0.1, 0.15) is 0 Å². The Morgan fingerprint density at radius 1 is 1.00 bits per heavy atom. The summed E-state index contributed by atoms with van der Waals surface area (Å²) in [6.07, 6.45) is 10.6. The Bertz CT molecular complexity index is 892. The van der Waals surface area contributed by atoms with E-state index >= 15 is 0 Å². The molecule has 1 heterocycles. The second-order valence-electron chi connectivity index (χ2n) is 8.82. The largest absolute Gasteiger partial charge is 0.352 e. The van der Waals surface area contributed by atoms with E-state index in [1.165, 1.54) is 54.6 Å². The number of hydrogen-bond acceptors (Lipinski definition) is 4. The van der Waals surface area contributed by atoms with Crippen LogP contribution in [-0.2, 0) is 14.8 Å². The number of sulfonamides is 1. The SMILES string of the molecule is C=CC(=O)NC1CCCN(S(=O)(=O)c2ccc(C(=O)NCCC3CCCCC3)cc2)CC1. The third-order valence-corrected chi connectivity index (χ3v) is 8.45. The molecule has 32 heavy (non-hydrogen) atoms. The molecule has 3 rings (SSSR count). The Morgan fingerprint density at radius 3 is 2.41 bits per heavy atom. The van der Waals surface area contributed by atoms with Crippen molar-refractivity contribution in [3.8, 4) is 0 Å². The second kappa shape index (κ2) is 11.6. The third kappa shape index (κ3) is 6.65. The van der Waals surface area contributed by atoms with Crippen LogP contribution in [0.3, 0.4) is 0 Å². The molecule has 2 amide bonds. The van der Waals surface area contributed by atoms with Crippen LogP contribution in [0.15, 0.2) is 41.8 Å². The highest BCUT2D eigenvalue weighted by Crippen LogP contribution is 2.26. The number of nitrogens with one attached hydrogen (secondary N) is 2. The van der Waals surface area contributed by atoms with Crippen LogP contribution in [0.4, 0.5) is 0 Å². The molecule has 2 aliphatic rings. The standard InChI is InChI=1S/C24H35N3O4S/c1-2-23(28)26-21-9-6-17-27(18-15-21)32(30,31)22-12-10-20(11-13-22)24(29)25-16-14-19-7-4-3-5-8-19/h2,10-13,19,21H,1,3-9,14-18H2,(H,25,29)(H,26,28). The first-order valence-corrected chi connectivity index (χ1v) is 13.2. The van der Waals surface area contributed by atoms with Gasteiger partial charge < -0.3 is 10.6 Å². The molecule has 2 fully saturated rings. The van der Waals surface area contributed by atoms with E-state index in [0.717, 1.165) is 12.8 Å². The zero-order valence-corrected chi connectivity index (χ0v) is 19.5. The average molecular weight is 462 g/mol. The van der Waals surface area contributed by atoms with E-state index in [1.54, 1.807) is 12.1 Å². The fraction of sp³-hybridized carbons (Fsp3) is 0.583. The van der Waals surface area contributed by atoms with Gasteiger partial charge in [-0.1, -0.05) is 38.7 Å². The van der Waals surface area contributed by atoms with Gasteiger partial charge in [0.15, 0.2) is 0 Å². The highest BCUT2D eigenvalue weighted by molar-refractivity contribution is 7.89. The van der Waals surface area contributed by atoms with E-state index in [1.807, 2.05) is 0 Å². The summed E-state index contributed by atoms with van der Waals surface area (Å²) in [5.41, 5.74) is 0.468. The van der Waals surface area contributed by atoms with E-state index < -0.39 is 10.0 Å². The van der Waals surface area contributed by atoms with Crippen molar-refractivity contribution in [1.29, 1.82) is 0 Å². The van der Waals surface area contributed by atoms with Gasteiger partial charge in [0.2, 0.25) is 15.9 Å². The number of nitrogens with zero attached hydrogens (tertiary/aromatic N) is 1. The van der Waals surface area contributed by atoms with E-state index in [2.05, 4.69) is 17.2 Å². The first-order chi connectivity index (χ1) is 15.4. The van der Waals surface area contributed by atoms with Gasteiger partial charge in [-0.15, -0.1) is 0 Å². The van der Waals surface area contributed by atoms with Gasteiger partial charge in [0.25, 0.3) is 5.91 Å². The predicted molar refractivity (Wildman–Crippen MR) is 125 cm³/mol. The Balaban J connectivity index is 1.53. The molecule has 7 nitrogen and oxygen atoms in total. The van der Waals surface area contributed by atoms with Crippen molar-refractivity contribution >= 4 is 21.8 Å². The number of carbonyl (C=O) groups excluding carboxylic acids is 2. The maximum Gasteiger partial charge on any atom is 0.251 e. The first kappa shape index (κ1) is 24.5. The molecule has 1 aromatic rings. The van der Waals surface area contributed by atoms with Crippen LogP contribution in [0, 0.1) is 5.92 Å². The van der Waals surface area contributed by atoms with Gasteiger partial charge in [-0.25, -0.2) is 8.42 Å². The fourth-order valence-corrected chi connectivity index (χ4v) is 6.10. The number of rotatable bonds is 8. The highest BCUT2D eigenvalue weighted by Gasteiger charge is 2.28. The molecule has 8 heteroatoms. The quantitative estimate of drug-likeness (QED) is 0.581. The van der Waals surface area contributed by atoms with Crippen LogP contribution >= 0.6 is 0 Å². The van der Waals surface area contributed by atoms with Crippen molar-refractivity contribution in [3.05, 3.63) is 42.5 Å². The topological polar surface area (TPSA) is 95.6 Å². The lowest BCUT2D eigenvalue weighted by molar-refractivity contribution is -0.117. The molecule has 2 N–H and O–H groups in total. The normalized spacial score (nSPS) is 20.8. The molecular formula is C24H35N3O4S. The number of benzene rings is 1. The van der Waals surface area contributed by atoms with Crippen molar-refractivity contribution in [3.63, 3.8) is 0 Å². The van der Waals surface area contributed by atoms with Gasteiger partial charge in [-0.2, -0.15) is 4.31 Å². The summed E-state index contributed by atoms with van der Waals surface area (Å²) < 4.78 is 27.6. The Labute approximate surface area is 191 Å². The predicted octanol–water partition coefficient (Wildman–Crippen LogP) is 3.23. The van der Waals surface area contributed by atoms with Crippen LogP contribution < -0.4 is 10.6 Å². The molecule has 1 saturated heterocycles. The minimum atomic E-state index is -3.65. The third-order valence-electron chi connectivity index (χ3n) is 6.54. The summed E-state index contributed by atoms with van der Waals surface area (Å²) >= 11 is 0. The number of carbonyl (C=O) groups is 2. The van der Waals surface area contributed by atoms with Crippen molar-refractivity contribution < 1.29 is 18.0 Å². The van der Waals surface area contributed by atoms with Crippen molar-refractivity contribution in [2.45, 2.75) is 68.7 Å². The number of hydrogen-bond donors (Lipinski definition) is 2. The van der Waals surface area contributed by atoms with Crippen molar-refractivity contribution in [2.24, 2.45) is 5.92 Å². The summed E-state index contributed by atoms with van der Waals surface area (Å²) in [6.45, 7) is 4.86. The zero-order valence-electron chi connectivity index (χ0n) is 18.7. The first-order valence-electron chi connectivity index (χ1n) is 11.7. The molecule has 1 aliphatic heterocycles. The van der Waals surface area contributed by atoms with Crippen LogP contribution in [0.25, 0.3) is 0 Å². The lowest BCUT2D eigenvalue weighted by Crippen LogP contribution is -2.36. The molecule has 1 aromatic carbocycles. The molecule has 0 radical (unpaired) electrons. The molecule has 1 unspecified atom stereocenters. The molecule has 176 valence electrons. The van der Waals surface area contributed by atoms with E-state index in [9.17, 15) is 18.0 Å². The maximum absolute atomic E-state index is 13.1. The average Bonchev–Trinajstić information content (AvgIpc) is 3.06. The monoisotopic (exact) mass is 461 g/mol. The summed E-state index contributed by atoms with van der Waals surface area (Å²) in [6, 6.07) is 6.11. The molecule has 1 saturated carbocycles. The fourth-order valence-electron chi connectivity index (χ4n) is 4.61. The van der Waals surface area contributed by atoms with E-state index in [0.29, 0.717) is 44.0 Å². The van der Waals surface area contributed by atoms with Crippen LogP contribution in [0.5, 0.6) is 0 Å². The maximum atomic E-state index is 13.1. The van der Waals surface area contributed by atoms with Gasteiger partial charge in [-0.05, 0) is 61.9 Å². The lowest BCUT2D eigenvalue weighted by atomic mass is 9.87. The Kier molecular flexibility index (Phi) is 8.87. The molecule has 0 bridgehead atoms. The summed E-state index contributed by atoms with van der Waals surface area (Å²) in [4.78, 5) is 24.1. The molecule has 0 aromatic heterocycles. The summed E-state index contributed by atoms with van der Waals surface area (Å²) in [7, 11) is -3.65. The summed E-state index contributed by atoms with van der Waals surface area (Å²) in [5.74, 6) is 0.300. The molecule has 0 spiro atoms. The van der Waals surface area contributed by atoms with Crippen LogP contribution in [0.1, 0.15) is 68.1 Å². The van der Waals surface area contributed by atoms with Crippen molar-refractivity contribution in [1.82, 2.24) is 14.9 Å². The second-order valence-corrected chi connectivity index (χ2v) is 10.8. The van der Waals surface area contributed by atoms with Crippen molar-refractivity contribution in [2.75, 3.05) is 19.6 Å². The highest BCUT2D eigenvalue weighted by atomic mass is 32.2. The van der Waals surface area contributed by atoms with Gasteiger partial charge in [0, 0.05) is 31.2 Å². The molecule has 1 atom stereocenters. The van der Waals surface area contributed by atoms with Crippen LogP contribution in [0.2, 0.25) is 0 Å². The van der Waals surface area contributed by atoms with E-state index in [-0.39, 0.29) is 22.8 Å². The Hall–Kier alpha value is -2.19. The molecular weight excluding hydrogens is 426 g/mol. The van der Waals surface area contributed by atoms with Gasteiger partial charge >= 0.3 is 0 Å². The minimum absolute atomic E-state index is 0.0552.